The standard InChI is InChI=1S/C17H27N3O2/c1-12-7-8-16(22-4)15(10-12)19-17(21)13(2)20-9-5-6-14(11-20)18-3/h7-8,10,13-14,18H,5-6,9,11H2,1-4H3,(H,19,21). The molecular weight excluding hydrogens is 278 g/mol. The Bertz CT molecular complexity index is 519. The van der Waals surface area contributed by atoms with Gasteiger partial charge in [-0.05, 0) is 58.0 Å². The summed E-state index contributed by atoms with van der Waals surface area (Å²) in [6.07, 6.45) is 2.30. The Morgan fingerprint density at radius 1 is 1.45 bits per heavy atom. The third-order valence-electron chi connectivity index (χ3n) is 4.40. The molecule has 0 spiro atoms. The summed E-state index contributed by atoms with van der Waals surface area (Å²) in [5, 5.41) is 6.32. The number of benzene rings is 1. The van der Waals surface area contributed by atoms with E-state index in [1.165, 1.54) is 6.42 Å². The van der Waals surface area contributed by atoms with Gasteiger partial charge in [-0.25, -0.2) is 0 Å². The van der Waals surface area contributed by atoms with E-state index >= 15 is 0 Å². The first kappa shape index (κ1) is 16.8. The van der Waals surface area contributed by atoms with Crippen molar-refractivity contribution in [3.8, 4) is 5.75 Å². The van der Waals surface area contributed by atoms with Crippen LogP contribution in [0.2, 0.25) is 0 Å². The Kier molecular flexibility index (Phi) is 5.80. The zero-order valence-electron chi connectivity index (χ0n) is 14.0. The number of nitrogens with one attached hydrogen (secondary N) is 2. The van der Waals surface area contributed by atoms with Crippen molar-refractivity contribution in [2.24, 2.45) is 0 Å². The van der Waals surface area contributed by atoms with E-state index in [1.54, 1.807) is 7.11 Å². The normalized spacial score (nSPS) is 20.5. The first-order valence-electron chi connectivity index (χ1n) is 7.92. The fourth-order valence-electron chi connectivity index (χ4n) is 2.92. The van der Waals surface area contributed by atoms with Gasteiger partial charge in [-0.15, -0.1) is 0 Å². The minimum absolute atomic E-state index is 0.0145. The SMILES string of the molecule is CNC1CCCN(C(C)C(=O)Nc2cc(C)ccc2OC)C1. The highest BCUT2D eigenvalue weighted by atomic mass is 16.5. The van der Waals surface area contributed by atoms with E-state index in [-0.39, 0.29) is 11.9 Å². The number of methoxy groups -OCH3 is 1. The predicted molar refractivity (Wildman–Crippen MR) is 89.5 cm³/mol. The first-order valence-corrected chi connectivity index (χ1v) is 7.92. The zero-order valence-corrected chi connectivity index (χ0v) is 14.0. The van der Waals surface area contributed by atoms with E-state index in [0.717, 1.165) is 30.8 Å². The van der Waals surface area contributed by atoms with Gasteiger partial charge in [0.2, 0.25) is 5.91 Å². The number of piperidine rings is 1. The second kappa shape index (κ2) is 7.61. The highest BCUT2D eigenvalue weighted by molar-refractivity contribution is 5.96. The van der Waals surface area contributed by atoms with E-state index in [2.05, 4.69) is 15.5 Å². The predicted octanol–water partition coefficient (Wildman–Crippen LogP) is 2.01. The van der Waals surface area contributed by atoms with Gasteiger partial charge >= 0.3 is 0 Å². The molecule has 1 aromatic rings. The molecule has 0 saturated carbocycles. The summed E-state index contributed by atoms with van der Waals surface area (Å²) in [6, 6.07) is 6.11. The number of amides is 1. The maximum atomic E-state index is 12.6. The average molecular weight is 305 g/mol. The molecule has 1 amide bonds. The van der Waals surface area contributed by atoms with Crippen LogP contribution >= 0.6 is 0 Å². The number of ether oxygens (including phenoxy) is 1. The Morgan fingerprint density at radius 3 is 2.91 bits per heavy atom. The van der Waals surface area contributed by atoms with Crippen molar-refractivity contribution < 1.29 is 9.53 Å². The fraction of sp³-hybridized carbons (Fsp3) is 0.588. The lowest BCUT2D eigenvalue weighted by atomic mass is 10.0. The van der Waals surface area contributed by atoms with Gasteiger partial charge in [-0.1, -0.05) is 6.07 Å². The van der Waals surface area contributed by atoms with Crippen LogP contribution in [0.4, 0.5) is 5.69 Å². The van der Waals surface area contributed by atoms with Crippen LogP contribution < -0.4 is 15.4 Å². The Balaban J connectivity index is 2.03. The molecule has 0 aromatic heterocycles. The van der Waals surface area contributed by atoms with Gasteiger partial charge in [0.25, 0.3) is 0 Å². The average Bonchev–Trinajstić information content (AvgIpc) is 2.54. The lowest BCUT2D eigenvalue weighted by Gasteiger charge is -2.36. The summed E-state index contributed by atoms with van der Waals surface area (Å²) in [5.74, 6) is 0.707. The summed E-state index contributed by atoms with van der Waals surface area (Å²) in [7, 11) is 3.60. The number of anilines is 1. The van der Waals surface area contributed by atoms with E-state index < -0.39 is 0 Å². The number of likely N-dealkylation sites (tertiary alicyclic amines) is 1. The number of carbonyl (C=O) groups excluding carboxylic acids is 1. The first-order chi connectivity index (χ1) is 10.5. The number of carbonyl (C=O) groups is 1. The van der Waals surface area contributed by atoms with E-state index in [4.69, 9.17) is 4.74 Å². The van der Waals surface area contributed by atoms with Gasteiger partial charge in [-0.3, -0.25) is 9.69 Å². The summed E-state index contributed by atoms with van der Waals surface area (Å²) in [5.41, 5.74) is 1.83. The van der Waals surface area contributed by atoms with Crippen LogP contribution in [0.5, 0.6) is 5.75 Å². The van der Waals surface area contributed by atoms with Gasteiger partial charge < -0.3 is 15.4 Å². The van der Waals surface area contributed by atoms with E-state index in [0.29, 0.717) is 11.8 Å². The minimum Gasteiger partial charge on any atom is -0.495 e. The second-order valence-electron chi connectivity index (χ2n) is 5.99. The Hall–Kier alpha value is -1.59. The topological polar surface area (TPSA) is 53.6 Å². The van der Waals surface area contributed by atoms with Crippen LogP contribution in [0.1, 0.15) is 25.3 Å². The third-order valence-corrected chi connectivity index (χ3v) is 4.40. The Morgan fingerprint density at radius 2 is 2.23 bits per heavy atom. The molecule has 1 fully saturated rings. The molecule has 1 aromatic carbocycles. The molecule has 5 nitrogen and oxygen atoms in total. The molecule has 0 radical (unpaired) electrons. The molecule has 22 heavy (non-hydrogen) atoms. The van der Waals surface area contributed by atoms with Gasteiger partial charge in [0.1, 0.15) is 5.75 Å². The zero-order chi connectivity index (χ0) is 16.1. The quantitative estimate of drug-likeness (QED) is 0.874. The van der Waals surface area contributed by atoms with Crippen molar-refractivity contribution >= 4 is 11.6 Å². The minimum atomic E-state index is -0.152. The number of rotatable bonds is 5. The van der Waals surface area contributed by atoms with Gasteiger partial charge in [0.15, 0.2) is 0 Å². The van der Waals surface area contributed by atoms with E-state index in [9.17, 15) is 4.79 Å². The molecule has 0 aliphatic carbocycles. The lowest BCUT2D eigenvalue weighted by Crippen LogP contribution is -2.51. The summed E-state index contributed by atoms with van der Waals surface area (Å²) >= 11 is 0. The molecule has 1 aliphatic rings. The van der Waals surface area contributed by atoms with Crippen molar-refractivity contribution in [3.63, 3.8) is 0 Å². The molecule has 122 valence electrons. The smallest absolute Gasteiger partial charge is 0.241 e. The molecule has 1 aliphatic heterocycles. The Labute approximate surface area is 133 Å². The molecule has 0 bridgehead atoms. The van der Waals surface area contributed by atoms with Crippen LogP contribution in [0.25, 0.3) is 0 Å². The van der Waals surface area contributed by atoms with Crippen molar-refractivity contribution in [3.05, 3.63) is 23.8 Å². The largest absolute Gasteiger partial charge is 0.495 e. The highest BCUT2D eigenvalue weighted by Crippen LogP contribution is 2.25. The maximum Gasteiger partial charge on any atom is 0.241 e. The number of likely N-dealkylation sites (N-methyl/N-ethyl adjacent to an activating group) is 1. The van der Waals surface area contributed by atoms with Crippen LogP contribution in [0.15, 0.2) is 18.2 Å². The van der Waals surface area contributed by atoms with Gasteiger partial charge in [0.05, 0.1) is 18.8 Å². The van der Waals surface area contributed by atoms with E-state index in [1.807, 2.05) is 39.1 Å². The molecular formula is C17H27N3O2. The summed E-state index contributed by atoms with van der Waals surface area (Å²) < 4.78 is 5.32. The number of nitrogens with zero attached hydrogens (tertiary/aromatic N) is 1. The summed E-state index contributed by atoms with van der Waals surface area (Å²) in [4.78, 5) is 14.8. The highest BCUT2D eigenvalue weighted by Gasteiger charge is 2.27. The molecule has 2 unspecified atom stereocenters. The van der Waals surface area contributed by atoms with Crippen LogP contribution in [0, 0.1) is 6.92 Å². The van der Waals surface area contributed by atoms with Crippen molar-refractivity contribution in [2.75, 3.05) is 32.6 Å². The second-order valence-corrected chi connectivity index (χ2v) is 5.99. The van der Waals surface area contributed by atoms with Crippen LogP contribution in [-0.2, 0) is 4.79 Å². The third kappa shape index (κ3) is 3.99. The molecule has 1 saturated heterocycles. The molecule has 5 heteroatoms. The summed E-state index contributed by atoms with van der Waals surface area (Å²) in [6.45, 7) is 5.85. The van der Waals surface area contributed by atoms with Crippen molar-refractivity contribution in [1.29, 1.82) is 0 Å². The lowest BCUT2D eigenvalue weighted by molar-refractivity contribution is -0.121. The maximum absolute atomic E-state index is 12.6. The number of aryl methyl sites for hydroxylation is 1. The molecule has 2 N–H and O–H groups in total. The van der Waals surface area contributed by atoms with Gasteiger partial charge in [-0.2, -0.15) is 0 Å². The molecule has 1 heterocycles. The van der Waals surface area contributed by atoms with Gasteiger partial charge in [0, 0.05) is 12.6 Å². The van der Waals surface area contributed by atoms with Crippen LogP contribution in [0.3, 0.4) is 0 Å². The number of hydrogen-bond donors (Lipinski definition) is 2. The van der Waals surface area contributed by atoms with Crippen molar-refractivity contribution in [2.45, 2.75) is 38.8 Å². The fourth-order valence-corrected chi connectivity index (χ4v) is 2.92. The molecule has 2 atom stereocenters. The number of hydrogen-bond acceptors (Lipinski definition) is 4. The monoisotopic (exact) mass is 305 g/mol. The van der Waals surface area contributed by atoms with Crippen molar-refractivity contribution in [1.82, 2.24) is 10.2 Å². The van der Waals surface area contributed by atoms with Crippen LogP contribution in [-0.4, -0.2) is 50.1 Å². The molecule has 2 rings (SSSR count).